The monoisotopic (exact) mass is 341 g/mol. The molecule has 2 rings (SSSR count). The summed E-state index contributed by atoms with van der Waals surface area (Å²) in [6, 6.07) is 9.67. The number of aliphatic hydroxyl groups is 1. The predicted octanol–water partition coefficient (Wildman–Crippen LogP) is 3.52. The molecular formula is C16H17F2NO3S. The maximum absolute atomic E-state index is 12.1. The molecule has 0 aliphatic heterocycles. The Hall–Kier alpha value is -1.99. The summed E-state index contributed by atoms with van der Waals surface area (Å²) >= 11 is 1.31. The fourth-order valence-corrected chi connectivity index (χ4v) is 2.89. The van der Waals surface area contributed by atoms with Crippen LogP contribution in [0.1, 0.15) is 23.0 Å². The highest BCUT2D eigenvalue weighted by molar-refractivity contribution is 7.17. The average molecular weight is 341 g/mol. The Bertz CT molecular complexity index is 643. The van der Waals surface area contributed by atoms with Gasteiger partial charge in [0, 0.05) is 17.5 Å². The lowest BCUT2D eigenvalue weighted by Crippen LogP contribution is -2.32. The topological polar surface area (TPSA) is 58.6 Å². The first kappa shape index (κ1) is 17.4. The zero-order valence-electron chi connectivity index (χ0n) is 12.5. The Kier molecular flexibility index (Phi) is 6.06. The molecule has 0 radical (unpaired) electrons. The van der Waals surface area contributed by atoms with Gasteiger partial charge in [0.05, 0.1) is 4.88 Å². The Balaban J connectivity index is 2.05. The van der Waals surface area contributed by atoms with Gasteiger partial charge >= 0.3 is 6.61 Å². The van der Waals surface area contributed by atoms with Crippen LogP contribution in [-0.2, 0) is 0 Å². The van der Waals surface area contributed by atoms with Crippen LogP contribution in [-0.4, -0.2) is 30.3 Å². The Morgan fingerprint density at radius 2 is 1.96 bits per heavy atom. The molecule has 0 saturated carbocycles. The molecule has 0 saturated heterocycles. The number of hydrogen-bond donors (Lipinski definition) is 2. The largest absolute Gasteiger partial charge is 0.435 e. The van der Waals surface area contributed by atoms with E-state index < -0.39 is 6.61 Å². The molecule has 0 bridgehead atoms. The number of rotatable bonds is 7. The molecule has 2 N–H and O–H groups in total. The van der Waals surface area contributed by atoms with E-state index in [2.05, 4.69) is 10.1 Å². The number of carbonyl (C=O) groups excluding carboxylic acids is 1. The number of thiophene rings is 1. The van der Waals surface area contributed by atoms with Gasteiger partial charge in [0.2, 0.25) is 0 Å². The number of nitrogens with one attached hydrogen (secondary N) is 1. The van der Waals surface area contributed by atoms with E-state index >= 15 is 0 Å². The number of ether oxygens (including phenoxy) is 1. The molecule has 7 heteroatoms. The Morgan fingerprint density at radius 3 is 2.57 bits per heavy atom. The van der Waals surface area contributed by atoms with E-state index in [1.54, 1.807) is 24.3 Å². The fraction of sp³-hybridized carbons (Fsp3) is 0.312. The number of amides is 1. The molecule has 1 heterocycles. The molecule has 0 aliphatic rings. The van der Waals surface area contributed by atoms with Crippen molar-refractivity contribution in [3.05, 3.63) is 41.3 Å². The molecule has 0 spiro atoms. The molecule has 1 aromatic carbocycles. The van der Waals surface area contributed by atoms with Crippen LogP contribution in [0.3, 0.4) is 0 Å². The van der Waals surface area contributed by atoms with E-state index in [9.17, 15) is 13.6 Å². The Labute approximate surface area is 136 Å². The summed E-state index contributed by atoms with van der Waals surface area (Å²) in [4.78, 5) is 13.5. The number of alkyl halides is 2. The number of halogens is 2. The van der Waals surface area contributed by atoms with Gasteiger partial charge in [-0.2, -0.15) is 8.78 Å². The van der Waals surface area contributed by atoms with Gasteiger partial charge < -0.3 is 15.2 Å². The van der Waals surface area contributed by atoms with Crippen molar-refractivity contribution in [3.8, 4) is 16.2 Å². The van der Waals surface area contributed by atoms with E-state index in [-0.39, 0.29) is 24.3 Å². The molecule has 4 nitrogen and oxygen atoms in total. The summed E-state index contributed by atoms with van der Waals surface area (Å²) in [6.07, 6.45) is 0.496. The molecule has 1 unspecified atom stereocenters. The van der Waals surface area contributed by atoms with Crippen molar-refractivity contribution >= 4 is 17.2 Å². The van der Waals surface area contributed by atoms with E-state index in [0.29, 0.717) is 11.3 Å². The number of hydrogen-bond acceptors (Lipinski definition) is 4. The SMILES string of the molecule is CC(CCO)NC(=O)c1ccc(-c2ccc(OC(F)F)cc2)s1. The molecule has 23 heavy (non-hydrogen) atoms. The summed E-state index contributed by atoms with van der Waals surface area (Å²) in [5.41, 5.74) is 0.819. The second-order valence-corrected chi connectivity index (χ2v) is 6.04. The van der Waals surface area contributed by atoms with Gasteiger partial charge in [-0.1, -0.05) is 0 Å². The van der Waals surface area contributed by atoms with Gasteiger partial charge in [0.1, 0.15) is 5.75 Å². The van der Waals surface area contributed by atoms with Gasteiger partial charge in [0.25, 0.3) is 5.91 Å². The van der Waals surface area contributed by atoms with Crippen LogP contribution in [0.25, 0.3) is 10.4 Å². The summed E-state index contributed by atoms with van der Waals surface area (Å²) in [7, 11) is 0. The lowest BCUT2D eigenvalue weighted by Gasteiger charge is -2.11. The van der Waals surface area contributed by atoms with Crippen LogP contribution >= 0.6 is 11.3 Å². The first-order valence-electron chi connectivity index (χ1n) is 7.06. The van der Waals surface area contributed by atoms with E-state index in [1.807, 2.05) is 6.92 Å². The number of carbonyl (C=O) groups is 1. The molecule has 2 aromatic rings. The maximum Gasteiger partial charge on any atom is 0.387 e. The Morgan fingerprint density at radius 1 is 1.26 bits per heavy atom. The first-order valence-corrected chi connectivity index (χ1v) is 7.88. The quantitative estimate of drug-likeness (QED) is 0.810. The third-order valence-corrected chi connectivity index (χ3v) is 4.27. The second-order valence-electron chi connectivity index (χ2n) is 4.95. The van der Waals surface area contributed by atoms with Crippen LogP contribution in [0.5, 0.6) is 5.75 Å². The van der Waals surface area contributed by atoms with Crippen LogP contribution in [0.2, 0.25) is 0 Å². The highest BCUT2D eigenvalue weighted by Gasteiger charge is 2.13. The minimum absolute atomic E-state index is 0.0180. The first-order chi connectivity index (χ1) is 11.0. The van der Waals surface area contributed by atoms with E-state index in [0.717, 1.165) is 10.4 Å². The van der Waals surface area contributed by atoms with E-state index in [4.69, 9.17) is 5.11 Å². The van der Waals surface area contributed by atoms with Crippen molar-refractivity contribution in [2.75, 3.05) is 6.61 Å². The van der Waals surface area contributed by atoms with Gasteiger partial charge in [0.15, 0.2) is 0 Å². The van der Waals surface area contributed by atoms with Crippen molar-refractivity contribution in [3.63, 3.8) is 0 Å². The lowest BCUT2D eigenvalue weighted by atomic mass is 10.2. The van der Waals surface area contributed by atoms with Gasteiger partial charge in [-0.3, -0.25) is 4.79 Å². The van der Waals surface area contributed by atoms with Crippen molar-refractivity contribution in [1.82, 2.24) is 5.32 Å². The van der Waals surface area contributed by atoms with Crippen molar-refractivity contribution in [1.29, 1.82) is 0 Å². The second kappa shape index (κ2) is 8.03. The van der Waals surface area contributed by atoms with Crippen LogP contribution in [0, 0.1) is 0 Å². The molecule has 1 aromatic heterocycles. The summed E-state index contributed by atoms with van der Waals surface area (Å²) < 4.78 is 28.5. The van der Waals surface area contributed by atoms with Crippen molar-refractivity contribution in [2.24, 2.45) is 0 Å². The molecular weight excluding hydrogens is 324 g/mol. The van der Waals surface area contributed by atoms with Gasteiger partial charge in [-0.25, -0.2) is 0 Å². The third-order valence-electron chi connectivity index (χ3n) is 3.13. The van der Waals surface area contributed by atoms with Crippen LogP contribution < -0.4 is 10.1 Å². The van der Waals surface area contributed by atoms with Crippen LogP contribution in [0.15, 0.2) is 36.4 Å². The van der Waals surface area contributed by atoms with Gasteiger partial charge in [-0.15, -0.1) is 11.3 Å². The van der Waals surface area contributed by atoms with Crippen molar-refractivity contribution < 1.29 is 23.4 Å². The lowest BCUT2D eigenvalue weighted by molar-refractivity contribution is -0.0498. The average Bonchev–Trinajstić information content (AvgIpc) is 2.97. The zero-order chi connectivity index (χ0) is 16.8. The van der Waals surface area contributed by atoms with Crippen molar-refractivity contribution in [2.45, 2.75) is 26.0 Å². The molecule has 124 valence electrons. The summed E-state index contributed by atoms with van der Waals surface area (Å²) in [5, 5.41) is 11.6. The predicted molar refractivity (Wildman–Crippen MR) is 85.0 cm³/mol. The molecule has 0 fully saturated rings. The third kappa shape index (κ3) is 5.01. The summed E-state index contributed by atoms with van der Waals surface area (Å²) in [5.74, 6) is -0.101. The molecule has 1 atom stereocenters. The standard InChI is InChI=1S/C16H17F2NO3S/c1-10(8-9-20)19-15(21)14-7-6-13(23-14)11-2-4-12(5-3-11)22-16(17)18/h2-7,10,16,20H,8-9H2,1H3,(H,19,21). The minimum Gasteiger partial charge on any atom is -0.435 e. The fourth-order valence-electron chi connectivity index (χ4n) is 1.98. The minimum atomic E-state index is -2.85. The highest BCUT2D eigenvalue weighted by atomic mass is 32.1. The summed E-state index contributed by atoms with van der Waals surface area (Å²) in [6.45, 7) is -1.01. The zero-order valence-corrected chi connectivity index (χ0v) is 13.3. The molecule has 1 amide bonds. The molecule has 0 aliphatic carbocycles. The smallest absolute Gasteiger partial charge is 0.387 e. The number of benzene rings is 1. The van der Waals surface area contributed by atoms with Gasteiger partial charge in [-0.05, 0) is 55.3 Å². The van der Waals surface area contributed by atoms with Crippen LogP contribution in [0.4, 0.5) is 8.78 Å². The maximum atomic E-state index is 12.1. The number of aliphatic hydroxyl groups excluding tert-OH is 1. The van der Waals surface area contributed by atoms with E-state index in [1.165, 1.54) is 23.5 Å². The highest BCUT2D eigenvalue weighted by Crippen LogP contribution is 2.29. The normalized spacial score (nSPS) is 12.2.